The standard InChI is InChI=1S/C15H21ClO4/c1-6-9-7-10(15(2,3)8-11(17)18)14(20-5)12(16)13(9)19-4/h7H,6,8H2,1-5H3,(H,17,18). The fourth-order valence-electron chi connectivity index (χ4n) is 2.33. The molecular formula is C15H21ClO4. The second kappa shape index (κ2) is 6.35. The Morgan fingerprint density at radius 2 is 1.85 bits per heavy atom. The topological polar surface area (TPSA) is 55.8 Å². The van der Waals surface area contributed by atoms with Crippen LogP contribution in [0.15, 0.2) is 6.07 Å². The van der Waals surface area contributed by atoms with E-state index in [-0.39, 0.29) is 6.42 Å². The summed E-state index contributed by atoms with van der Waals surface area (Å²) in [5.41, 5.74) is 1.13. The van der Waals surface area contributed by atoms with Crippen LogP contribution in [0.25, 0.3) is 0 Å². The second-order valence-electron chi connectivity index (χ2n) is 5.27. The minimum Gasteiger partial charge on any atom is -0.495 e. The first-order chi connectivity index (χ1) is 9.28. The molecule has 0 saturated carbocycles. The molecule has 0 unspecified atom stereocenters. The van der Waals surface area contributed by atoms with E-state index in [0.717, 1.165) is 17.5 Å². The Morgan fingerprint density at radius 1 is 1.30 bits per heavy atom. The van der Waals surface area contributed by atoms with Gasteiger partial charge in [0, 0.05) is 11.0 Å². The summed E-state index contributed by atoms with van der Waals surface area (Å²) in [6.07, 6.45) is 0.734. The van der Waals surface area contributed by atoms with Gasteiger partial charge in [-0.2, -0.15) is 0 Å². The lowest BCUT2D eigenvalue weighted by Crippen LogP contribution is -2.23. The average Bonchev–Trinajstić information content (AvgIpc) is 2.35. The van der Waals surface area contributed by atoms with Crippen LogP contribution in [0.2, 0.25) is 5.02 Å². The van der Waals surface area contributed by atoms with E-state index in [1.165, 1.54) is 7.11 Å². The Bertz CT molecular complexity index is 509. The minimum atomic E-state index is -0.859. The molecule has 1 aromatic carbocycles. The lowest BCUT2D eigenvalue weighted by molar-refractivity contribution is -0.138. The first-order valence-corrected chi connectivity index (χ1v) is 6.81. The van der Waals surface area contributed by atoms with E-state index in [0.29, 0.717) is 16.5 Å². The van der Waals surface area contributed by atoms with Crippen LogP contribution in [0.1, 0.15) is 38.3 Å². The van der Waals surface area contributed by atoms with Crippen molar-refractivity contribution >= 4 is 17.6 Å². The average molecular weight is 301 g/mol. The van der Waals surface area contributed by atoms with Gasteiger partial charge in [-0.1, -0.05) is 32.4 Å². The van der Waals surface area contributed by atoms with Gasteiger partial charge in [0.05, 0.1) is 20.6 Å². The van der Waals surface area contributed by atoms with Crippen LogP contribution in [0.3, 0.4) is 0 Å². The highest BCUT2D eigenvalue weighted by Gasteiger charge is 2.31. The Kier molecular flexibility index (Phi) is 5.28. The summed E-state index contributed by atoms with van der Waals surface area (Å²) in [5.74, 6) is 0.204. The number of ether oxygens (including phenoxy) is 2. The van der Waals surface area contributed by atoms with Crippen molar-refractivity contribution in [1.29, 1.82) is 0 Å². The van der Waals surface area contributed by atoms with Crippen LogP contribution < -0.4 is 9.47 Å². The van der Waals surface area contributed by atoms with Gasteiger partial charge >= 0.3 is 5.97 Å². The van der Waals surface area contributed by atoms with E-state index in [2.05, 4.69) is 0 Å². The van der Waals surface area contributed by atoms with E-state index < -0.39 is 11.4 Å². The van der Waals surface area contributed by atoms with Gasteiger partial charge in [0.1, 0.15) is 16.5 Å². The summed E-state index contributed by atoms with van der Waals surface area (Å²) < 4.78 is 10.7. The van der Waals surface area contributed by atoms with E-state index in [4.69, 9.17) is 26.2 Å². The summed E-state index contributed by atoms with van der Waals surface area (Å²) in [6, 6.07) is 1.92. The predicted molar refractivity (Wildman–Crippen MR) is 79.2 cm³/mol. The maximum absolute atomic E-state index is 11.1. The fraction of sp³-hybridized carbons (Fsp3) is 0.533. The molecule has 0 fully saturated rings. The van der Waals surface area contributed by atoms with Gasteiger partial charge in [-0.05, 0) is 18.1 Å². The van der Waals surface area contributed by atoms with Crippen molar-refractivity contribution in [2.45, 2.75) is 39.0 Å². The van der Waals surface area contributed by atoms with Crippen LogP contribution >= 0.6 is 11.6 Å². The summed E-state index contributed by atoms with van der Waals surface area (Å²) in [5, 5.41) is 9.46. The molecule has 0 amide bonds. The van der Waals surface area contributed by atoms with Crippen LogP contribution in [-0.4, -0.2) is 25.3 Å². The number of carbonyl (C=O) groups is 1. The zero-order valence-electron chi connectivity index (χ0n) is 12.5. The van der Waals surface area contributed by atoms with Crippen LogP contribution in [0.5, 0.6) is 11.5 Å². The van der Waals surface area contributed by atoms with Crippen molar-refractivity contribution < 1.29 is 19.4 Å². The third kappa shape index (κ3) is 3.18. The number of carboxylic acids is 1. The highest BCUT2D eigenvalue weighted by molar-refractivity contribution is 6.33. The molecule has 1 rings (SSSR count). The minimum absolute atomic E-state index is 0.00479. The molecule has 20 heavy (non-hydrogen) atoms. The smallest absolute Gasteiger partial charge is 0.304 e. The molecule has 0 aliphatic rings. The molecule has 5 heteroatoms. The van der Waals surface area contributed by atoms with E-state index in [9.17, 15) is 4.79 Å². The van der Waals surface area contributed by atoms with Gasteiger partial charge in [0.2, 0.25) is 0 Å². The van der Waals surface area contributed by atoms with E-state index >= 15 is 0 Å². The molecule has 0 aliphatic heterocycles. The molecule has 0 saturated heterocycles. The van der Waals surface area contributed by atoms with Crippen molar-refractivity contribution in [3.05, 3.63) is 22.2 Å². The Balaban J connectivity index is 3.53. The highest BCUT2D eigenvalue weighted by Crippen LogP contribution is 2.45. The van der Waals surface area contributed by atoms with Gasteiger partial charge < -0.3 is 14.6 Å². The zero-order valence-corrected chi connectivity index (χ0v) is 13.3. The molecule has 1 aromatic rings. The van der Waals surface area contributed by atoms with Crippen LogP contribution in [0, 0.1) is 0 Å². The monoisotopic (exact) mass is 300 g/mol. The first kappa shape index (κ1) is 16.6. The molecule has 112 valence electrons. The number of aliphatic carboxylic acids is 1. The van der Waals surface area contributed by atoms with Gasteiger partial charge in [0.15, 0.2) is 0 Å². The Hall–Kier alpha value is -1.42. The predicted octanol–water partition coefficient (Wildman–Crippen LogP) is 3.67. The second-order valence-corrected chi connectivity index (χ2v) is 5.65. The molecule has 0 radical (unpaired) electrons. The summed E-state index contributed by atoms with van der Waals surface area (Å²) in [6.45, 7) is 5.72. The molecule has 0 heterocycles. The molecule has 1 N–H and O–H groups in total. The number of rotatable bonds is 6. The van der Waals surface area contributed by atoms with Crippen molar-refractivity contribution in [2.24, 2.45) is 0 Å². The Labute approximate surface area is 124 Å². The number of benzene rings is 1. The van der Waals surface area contributed by atoms with E-state index in [1.807, 2.05) is 26.8 Å². The molecule has 0 aromatic heterocycles. The number of carboxylic acid groups (broad SMARTS) is 1. The third-order valence-corrected chi connectivity index (χ3v) is 3.71. The van der Waals surface area contributed by atoms with Crippen molar-refractivity contribution in [3.8, 4) is 11.5 Å². The quantitative estimate of drug-likeness (QED) is 0.871. The molecule has 0 bridgehead atoms. The van der Waals surface area contributed by atoms with Crippen LogP contribution in [-0.2, 0) is 16.6 Å². The normalized spacial score (nSPS) is 11.3. The lowest BCUT2D eigenvalue weighted by Gasteiger charge is -2.27. The maximum Gasteiger partial charge on any atom is 0.304 e. The fourth-order valence-corrected chi connectivity index (χ4v) is 2.70. The molecular weight excluding hydrogens is 280 g/mol. The molecule has 4 nitrogen and oxygen atoms in total. The maximum atomic E-state index is 11.1. The summed E-state index contributed by atoms with van der Waals surface area (Å²) in [4.78, 5) is 11.1. The number of aryl methyl sites for hydroxylation is 1. The first-order valence-electron chi connectivity index (χ1n) is 6.44. The van der Waals surface area contributed by atoms with Crippen LogP contribution in [0.4, 0.5) is 0 Å². The number of methoxy groups -OCH3 is 2. The SMILES string of the molecule is CCc1cc(C(C)(C)CC(=O)O)c(OC)c(Cl)c1OC. The Morgan fingerprint density at radius 3 is 2.25 bits per heavy atom. The highest BCUT2D eigenvalue weighted by atomic mass is 35.5. The van der Waals surface area contributed by atoms with Gasteiger partial charge in [-0.15, -0.1) is 0 Å². The van der Waals surface area contributed by atoms with Gasteiger partial charge in [-0.25, -0.2) is 0 Å². The number of hydrogen-bond acceptors (Lipinski definition) is 3. The van der Waals surface area contributed by atoms with Crippen molar-refractivity contribution in [2.75, 3.05) is 14.2 Å². The lowest BCUT2D eigenvalue weighted by atomic mass is 9.80. The molecule has 0 atom stereocenters. The number of halogens is 1. The molecule has 0 aliphatic carbocycles. The van der Waals surface area contributed by atoms with Gasteiger partial charge in [0.25, 0.3) is 0 Å². The number of hydrogen-bond donors (Lipinski definition) is 1. The van der Waals surface area contributed by atoms with Gasteiger partial charge in [-0.3, -0.25) is 4.79 Å². The largest absolute Gasteiger partial charge is 0.495 e. The zero-order chi connectivity index (χ0) is 15.5. The summed E-state index contributed by atoms with van der Waals surface area (Å²) >= 11 is 6.34. The van der Waals surface area contributed by atoms with E-state index in [1.54, 1.807) is 7.11 Å². The van der Waals surface area contributed by atoms with Crippen molar-refractivity contribution in [1.82, 2.24) is 0 Å². The summed E-state index contributed by atoms with van der Waals surface area (Å²) in [7, 11) is 3.08. The molecule has 0 spiro atoms. The van der Waals surface area contributed by atoms with Crippen molar-refractivity contribution in [3.63, 3.8) is 0 Å². The third-order valence-electron chi connectivity index (χ3n) is 3.36.